The van der Waals surface area contributed by atoms with Crippen LogP contribution in [0.15, 0.2) is 40.8 Å². The number of nitrogens with zero attached hydrogens (tertiary/aromatic N) is 1. The van der Waals surface area contributed by atoms with Crippen LogP contribution in [0, 0.1) is 15.5 Å². The number of hydrogen-bond acceptors (Lipinski definition) is 5. The Morgan fingerprint density at radius 1 is 1.07 bits per heavy atom. The second kappa shape index (κ2) is 5.94. The zero-order chi connectivity index (χ0) is 19.3. The molecule has 0 saturated heterocycles. The van der Waals surface area contributed by atoms with Gasteiger partial charge in [0.15, 0.2) is 5.78 Å². The van der Waals surface area contributed by atoms with E-state index in [4.69, 9.17) is 9.15 Å². The number of hydrogen-bond donors (Lipinski definition) is 0. The van der Waals surface area contributed by atoms with Crippen LogP contribution in [0.5, 0.6) is 5.75 Å². The minimum absolute atomic E-state index is 0.136. The molecule has 2 aromatic carbocycles. The zero-order valence-electron chi connectivity index (χ0n) is 15.4. The van der Waals surface area contributed by atoms with E-state index in [-0.39, 0.29) is 16.8 Å². The number of carbonyl (C=O) groups excluding carboxylic acids is 1. The lowest BCUT2D eigenvalue weighted by atomic mass is 9.75. The molecule has 3 aromatic rings. The minimum atomic E-state index is -0.560. The van der Waals surface area contributed by atoms with Crippen molar-refractivity contribution in [2.45, 2.75) is 26.7 Å². The van der Waals surface area contributed by atoms with Crippen LogP contribution >= 0.6 is 0 Å². The fraction of sp³-hybridized carbons (Fsp3) is 0.286. The van der Waals surface area contributed by atoms with E-state index in [0.717, 1.165) is 10.8 Å². The SMILES string of the molecule is COc1ccc2ccccc2c1-c1c([N+](=O)[O-])oc2c1C(=O)CC(C)(C)C2. The highest BCUT2D eigenvalue weighted by molar-refractivity contribution is 6.11. The van der Waals surface area contributed by atoms with Gasteiger partial charge in [-0.25, -0.2) is 0 Å². The summed E-state index contributed by atoms with van der Waals surface area (Å²) in [6, 6.07) is 11.2. The molecular formula is C21H19NO5. The van der Waals surface area contributed by atoms with Gasteiger partial charge < -0.3 is 9.15 Å². The third-order valence-corrected chi connectivity index (χ3v) is 5.05. The third kappa shape index (κ3) is 2.68. The summed E-state index contributed by atoms with van der Waals surface area (Å²) in [7, 11) is 1.51. The molecule has 138 valence electrons. The van der Waals surface area contributed by atoms with Crippen molar-refractivity contribution in [3.05, 3.63) is 57.8 Å². The Balaban J connectivity index is 2.12. The Hall–Kier alpha value is -3.15. The average Bonchev–Trinajstić information content (AvgIpc) is 2.98. The van der Waals surface area contributed by atoms with Gasteiger partial charge in [-0.2, -0.15) is 0 Å². The molecule has 0 bridgehead atoms. The first-order valence-electron chi connectivity index (χ1n) is 8.72. The molecule has 1 aliphatic carbocycles. The zero-order valence-corrected chi connectivity index (χ0v) is 15.4. The van der Waals surface area contributed by atoms with E-state index in [0.29, 0.717) is 35.5 Å². The summed E-state index contributed by atoms with van der Waals surface area (Å²) in [6.07, 6.45) is 0.790. The average molecular weight is 365 g/mol. The molecule has 0 unspecified atom stereocenters. The van der Waals surface area contributed by atoms with Gasteiger partial charge in [-0.1, -0.05) is 44.2 Å². The summed E-state index contributed by atoms with van der Waals surface area (Å²) in [6.45, 7) is 3.92. The van der Waals surface area contributed by atoms with Crippen LogP contribution in [-0.2, 0) is 6.42 Å². The highest BCUT2D eigenvalue weighted by atomic mass is 16.6. The van der Waals surface area contributed by atoms with Gasteiger partial charge in [0.25, 0.3) is 0 Å². The van der Waals surface area contributed by atoms with Crippen LogP contribution < -0.4 is 4.74 Å². The number of ether oxygens (including phenoxy) is 1. The minimum Gasteiger partial charge on any atom is -0.496 e. The first-order valence-corrected chi connectivity index (χ1v) is 8.72. The van der Waals surface area contributed by atoms with Crippen LogP contribution in [-0.4, -0.2) is 17.8 Å². The van der Waals surface area contributed by atoms with Crippen molar-refractivity contribution in [3.8, 4) is 16.9 Å². The van der Waals surface area contributed by atoms with E-state index in [9.17, 15) is 14.9 Å². The molecule has 0 N–H and O–H groups in total. The van der Waals surface area contributed by atoms with E-state index in [2.05, 4.69) is 0 Å². The molecule has 0 amide bonds. The van der Waals surface area contributed by atoms with Crippen molar-refractivity contribution in [1.82, 2.24) is 0 Å². The number of benzene rings is 2. The van der Waals surface area contributed by atoms with Crippen LogP contribution in [0.2, 0.25) is 0 Å². The first-order chi connectivity index (χ1) is 12.8. The predicted octanol–water partition coefficient (Wildman–Crippen LogP) is 5.17. The van der Waals surface area contributed by atoms with Crippen molar-refractivity contribution < 1.29 is 18.9 Å². The molecule has 0 atom stereocenters. The molecule has 0 fully saturated rings. The van der Waals surface area contributed by atoms with E-state index >= 15 is 0 Å². The van der Waals surface area contributed by atoms with Gasteiger partial charge in [0.05, 0.1) is 12.7 Å². The molecule has 27 heavy (non-hydrogen) atoms. The van der Waals surface area contributed by atoms with Crippen molar-refractivity contribution in [2.24, 2.45) is 5.41 Å². The molecular weight excluding hydrogens is 346 g/mol. The highest BCUT2D eigenvalue weighted by Crippen LogP contribution is 2.49. The summed E-state index contributed by atoms with van der Waals surface area (Å²) in [5, 5.41) is 13.5. The lowest BCUT2D eigenvalue weighted by Gasteiger charge is -2.27. The van der Waals surface area contributed by atoms with E-state index in [1.165, 1.54) is 7.11 Å². The molecule has 6 nitrogen and oxygen atoms in total. The Kier molecular flexibility index (Phi) is 3.80. The smallest absolute Gasteiger partial charge is 0.442 e. The van der Waals surface area contributed by atoms with Crippen LogP contribution in [0.25, 0.3) is 21.9 Å². The molecule has 0 spiro atoms. The standard InChI is InChI=1S/C21H19NO5/c1-21(2)10-14(23)18-16(11-21)27-20(22(24)25)19(18)17-13-7-5-4-6-12(13)8-9-15(17)26-3/h4-9H,10-11H2,1-3H3. The third-order valence-electron chi connectivity index (χ3n) is 5.05. The Morgan fingerprint density at radius 3 is 2.52 bits per heavy atom. The fourth-order valence-corrected chi connectivity index (χ4v) is 3.94. The largest absolute Gasteiger partial charge is 0.496 e. The van der Waals surface area contributed by atoms with E-state index in [1.807, 2.05) is 44.2 Å². The fourth-order valence-electron chi connectivity index (χ4n) is 3.94. The highest BCUT2D eigenvalue weighted by Gasteiger charge is 2.41. The summed E-state index contributed by atoms with van der Waals surface area (Å²) in [4.78, 5) is 24.2. The summed E-state index contributed by atoms with van der Waals surface area (Å²) in [5.41, 5.74) is 0.774. The second-order valence-corrected chi connectivity index (χ2v) is 7.64. The van der Waals surface area contributed by atoms with Gasteiger partial charge in [-0.05, 0) is 22.3 Å². The summed E-state index contributed by atoms with van der Waals surface area (Å²) < 4.78 is 11.1. The summed E-state index contributed by atoms with van der Waals surface area (Å²) in [5.74, 6) is 0.315. The molecule has 1 aromatic heterocycles. The first kappa shape index (κ1) is 17.3. The number of methoxy groups -OCH3 is 1. The Labute approximate surface area is 155 Å². The van der Waals surface area contributed by atoms with E-state index in [1.54, 1.807) is 6.07 Å². The Morgan fingerprint density at radius 2 is 1.81 bits per heavy atom. The van der Waals surface area contributed by atoms with Crippen LogP contribution in [0.4, 0.5) is 5.88 Å². The second-order valence-electron chi connectivity index (χ2n) is 7.64. The number of ketones is 1. The Bertz CT molecular complexity index is 1090. The van der Waals surface area contributed by atoms with Crippen molar-refractivity contribution in [1.29, 1.82) is 0 Å². The number of furan rings is 1. The topological polar surface area (TPSA) is 82.6 Å². The molecule has 1 aliphatic rings. The summed E-state index contributed by atoms with van der Waals surface area (Å²) >= 11 is 0. The van der Waals surface area contributed by atoms with Gasteiger partial charge in [0, 0.05) is 18.4 Å². The quantitative estimate of drug-likeness (QED) is 0.472. The molecule has 0 radical (unpaired) electrons. The van der Waals surface area contributed by atoms with Crippen molar-refractivity contribution >= 4 is 22.4 Å². The number of Topliss-reactive ketones (excluding diaryl/α,β-unsaturated/α-hetero) is 1. The maximum atomic E-state index is 12.9. The molecule has 4 rings (SSSR count). The number of nitro groups is 1. The maximum absolute atomic E-state index is 12.9. The number of rotatable bonds is 3. The van der Waals surface area contributed by atoms with Crippen LogP contribution in [0.1, 0.15) is 36.4 Å². The van der Waals surface area contributed by atoms with Crippen molar-refractivity contribution in [3.63, 3.8) is 0 Å². The maximum Gasteiger partial charge on any atom is 0.442 e. The van der Waals surface area contributed by atoms with Gasteiger partial charge in [-0.3, -0.25) is 14.9 Å². The van der Waals surface area contributed by atoms with Crippen molar-refractivity contribution in [2.75, 3.05) is 7.11 Å². The molecule has 0 saturated carbocycles. The predicted molar refractivity (Wildman–Crippen MR) is 101 cm³/mol. The van der Waals surface area contributed by atoms with Gasteiger partial charge in [0.1, 0.15) is 22.0 Å². The molecule has 6 heteroatoms. The lowest BCUT2D eigenvalue weighted by Crippen LogP contribution is -2.26. The van der Waals surface area contributed by atoms with Gasteiger partial charge in [-0.15, -0.1) is 0 Å². The van der Waals surface area contributed by atoms with Crippen LogP contribution in [0.3, 0.4) is 0 Å². The normalized spacial score (nSPS) is 15.6. The number of fused-ring (bicyclic) bond motifs is 2. The number of carbonyl (C=O) groups is 1. The van der Waals surface area contributed by atoms with E-state index < -0.39 is 10.8 Å². The molecule has 0 aliphatic heterocycles. The molecule has 1 heterocycles. The van der Waals surface area contributed by atoms with Gasteiger partial charge in [0.2, 0.25) is 0 Å². The monoisotopic (exact) mass is 365 g/mol. The lowest BCUT2D eigenvalue weighted by molar-refractivity contribution is -0.401. The van der Waals surface area contributed by atoms with Gasteiger partial charge >= 0.3 is 5.88 Å².